The van der Waals surface area contributed by atoms with Crippen LogP contribution in [0.1, 0.15) is 33.6 Å². The zero-order valence-electron chi connectivity index (χ0n) is 15.4. The van der Waals surface area contributed by atoms with E-state index in [1.54, 1.807) is 0 Å². The lowest BCUT2D eigenvalue weighted by Crippen LogP contribution is -2.18. The van der Waals surface area contributed by atoms with Gasteiger partial charge in [-0.05, 0) is 61.6 Å². The van der Waals surface area contributed by atoms with Gasteiger partial charge in [-0.1, -0.05) is 11.6 Å². The topological polar surface area (TPSA) is 55.3 Å². The van der Waals surface area contributed by atoms with E-state index in [1.807, 2.05) is 30.3 Å². The number of ether oxygens (including phenoxy) is 1. The Balaban J connectivity index is 1.59. The summed E-state index contributed by atoms with van der Waals surface area (Å²) in [5.41, 5.74) is 5.23. The molecule has 0 fully saturated rings. The fourth-order valence-corrected chi connectivity index (χ4v) is 5.02. The Kier molecular flexibility index (Phi) is 4.33. The second-order valence-corrected chi connectivity index (χ2v) is 8.71. The molecule has 5 rings (SSSR count). The molecule has 0 spiro atoms. The molecular weight excluding hydrogens is 394 g/mol. The lowest BCUT2D eigenvalue weighted by Gasteiger charge is -2.22. The van der Waals surface area contributed by atoms with Crippen LogP contribution in [0.4, 0.5) is 11.5 Å². The molecule has 1 aliphatic carbocycles. The van der Waals surface area contributed by atoms with Gasteiger partial charge in [0.15, 0.2) is 5.82 Å². The van der Waals surface area contributed by atoms with Gasteiger partial charge in [0.2, 0.25) is 0 Å². The standard InChI is InChI=1S/C21H18ClN3O2S/c1-27-21(26)13-5-6-16-12(11-13)9-10-25(16)20-14-3-2-4-15(14)23-19(24-20)17-7-8-18(22)28-17/h5-8,11H,2-4,9-10H2,1H3. The van der Waals surface area contributed by atoms with Gasteiger partial charge in [0, 0.05) is 23.5 Å². The van der Waals surface area contributed by atoms with Gasteiger partial charge in [-0.15, -0.1) is 11.3 Å². The molecule has 0 unspecified atom stereocenters. The molecule has 3 aromatic rings. The van der Waals surface area contributed by atoms with Gasteiger partial charge in [-0.3, -0.25) is 0 Å². The third-order valence-electron chi connectivity index (χ3n) is 5.36. The van der Waals surface area contributed by atoms with Crippen LogP contribution >= 0.6 is 22.9 Å². The zero-order valence-corrected chi connectivity index (χ0v) is 16.9. The quantitative estimate of drug-likeness (QED) is 0.578. The number of benzene rings is 1. The third-order valence-corrected chi connectivity index (χ3v) is 6.58. The van der Waals surface area contributed by atoms with Crippen LogP contribution in [0.15, 0.2) is 30.3 Å². The van der Waals surface area contributed by atoms with E-state index in [9.17, 15) is 4.79 Å². The van der Waals surface area contributed by atoms with E-state index < -0.39 is 0 Å². The summed E-state index contributed by atoms with van der Waals surface area (Å²) < 4.78 is 5.59. The molecule has 0 atom stereocenters. The van der Waals surface area contributed by atoms with E-state index in [0.717, 1.165) is 70.0 Å². The van der Waals surface area contributed by atoms with Crippen LogP contribution in [-0.4, -0.2) is 29.6 Å². The minimum absolute atomic E-state index is 0.305. The van der Waals surface area contributed by atoms with E-state index in [0.29, 0.717) is 5.56 Å². The van der Waals surface area contributed by atoms with E-state index in [-0.39, 0.29) is 5.97 Å². The highest BCUT2D eigenvalue weighted by Crippen LogP contribution is 2.40. The molecule has 2 aromatic heterocycles. The number of rotatable bonds is 3. The minimum atomic E-state index is -0.305. The SMILES string of the molecule is COC(=O)c1ccc2c(c1)CCN2c1nc(-c2ccc(Cl)s2)nc2c1CCC2. The molecule has 142 valence electrons. The third kappa shape index (κ3) is 2.88. The Morgan fingerprint density at radius 1 is 1.18 bits per heavy atom. The largest absolute Gasteiger partial charge is 0.465 e. The molecule has 0 saturated carbocycles. The number of anilines is 2. The predicted molar refractivity (Wildman–Crippen MR) is 111 cm³/mol. The molecule has 0 amide bonds. The molecule has 0 saturated heterocycles. The first-order chi connectivity index (χ1) is 13.6. The first kappa shape index (κ1) is 17.6. The average Bonchev–Trinajstić information content (AvgIpc) is 3.45. The van der Waals surface area contributed by atoms with E-state index in [1.165, 1.54) is 24.0 Å². The van der Waals surface area contributed by atoms with Crippen molar-refractivity contribution in [3.8, 4) is 10.7 Å². The molecule has 7 heteroatoms. The molecule has 0 bridgehead atoms. The van der Waals surface area contributed by atoms with Crippen LogP contribution in [0, 0.1) is 0 Å². The van der Waals surface area contributed by atoms with Crippen molar-refractivity contribution in [1.82, 2.24) is 9.97 Å². The van der Waals surface area contributed by atoms with Crippen molar-refractivity contribution < 1.29 is 9.53 Å². The number of methoxy groups -OCH3 is 1. The van der Waals surface area contributed by atoms with Crippen molar-refractivity contribution in [2.24, 2.45) is 0 Å². The van der Waals surface area contributed by atoms with Gasteiger partial charge in [-0.2, -0.15) is 0 Å². The summed E-state index contributed by atoms with van der Waals surface area (Å²) in [6.45, 7) is 0.841. The average molecular weight is 412 g/mol. The number of aryl methyl sites for hydroxylation is 1. The maximum Gasteiger partial charge on any atom is 0.337 e. The molecule has 1 aromatic carbocycles. The van der Waals surface area contributed by atoms with Gasteiger partial charge >= 0.3 is 5.97 Å². The molecule has 3 heterocycles. The van der Waals surface area contributed by atoms with Gasteiger partial charge in [0.25, 0.3) is 0 Å². The van der Waals surface area contributed by atoms with Gasteiger partial charge in [0.1, 0.15) is 5.82 Å². The summed E-state index contributed by atoms with van der Waals surface area (Å²) in [5, 5.41) is 0. The molecular formula is C21H18ClN3O2S. The highest BCUT2D eigenvalue weighted by atomic mass is 35.5. The highest BCUT2D eigenvalue weighted by molar-refractivity contribution is 7.19. The van der Waals surface area contributed by atoms with Crippen LogP contribution in [0.5, 0.6) is 0 Å². The Morgan fingerprint density at radius 3 is 2.86 bits per heavy atom. The van der Waals surface area contributed by atoms with Crippen LogP contribution in [0.3, 0.4) is 0 Å². The summed E-state index contributed by atoms with van der Waals surface area (Å²) in [4.78, 5) is 24.9. The Morgan fingerprint density at radius 2 is 2.07 bits per heavy atom. The number of thiophene rings is 1. The maximum atomic E-state index is 11.9. The second-order valence-electron chi connectivity index (χ2n) is 6.99. The van der Waals surface area contributed by atoms with Crippen molar-refractivity contribution in [3.05, 3.63) is 57.1 Å². The van der Waals surface area contributed by atoms with Crippen molar-refractivity contribution in [1.29, 1.82) is 0 Å². The van der Waals surface area contributed by atoms with E-state index in [2.05, 4.69) is 4.90 Å². The fraction of sp³-hybridized carbons (Fsp3) is 0.286. The molecule has 0 N–H and O–H groups in total. The number of hydrogen-bond acceptors (Lipinski definition) is 6. The number of nitrogens with zero attached hydrogens (tertiary/aromatic N) is 3. The van der Waals surface area contributed by atoms with Gasteiger partial charge < -0.3 is 9.64 Å². The molecule has 28 heavy (non-hydrogen) atoms. The first-order valence-electron chi connectivity index (χ1n) is 9.28. The smallest absolute Gasteiger partial charge is 0.337 e. The number of carbonyl (C=O) groups is 1. The molecule has 2 aliphatic rings. The Labute approximate surface area is 172 Å². The predicted octanol–water partition coefficient (Wildman–Crippen LogP) is 4.83. The van der Waals surface area contributed by atoms with Crippen LogP contribution in [0.2, 0.25) is 4.34 Å². The molecule has 0 radical (unpaired) electrons. The number of carbonyl (C=O) groups excluding carboxylic acids is 1. The number of aromatic nitrogens is 2. The summed E-state index contributed by atoms with van der Waals surface area (Å²) in [6.07, 6.45) is 3.97. The Bertz CT molecular complexity index is 1100. The van der Waals surface area contributed by atoms with Crippen molar-refractivity contribution in [3.63, 3.8) is 0 Å². The molecule has 5 nitrogen and oxygen atoms in total. The number of fused-ring (bicyclic) bond motifs is 2. The highest BCUT2D eigenvalue weighted by Gasteiger charge is 2.29. The van der Waals surface area contributed by atoms with E-state index in [4.69, 9.17) is 26.3 Å². The first-order valence-corrected chi connectivity index (χ1v) is 10.5. The molecule has 1 aliphatic heterocycles. The normalized spacial score (nSPS) is 14.9. The summed E-state index contributed by atoms with van der Waals surface area (Å²) in [5.74, 6) is 1.43. The van der Waals surface area contributed by atoms with Gasteiger partial charge in [0.05, 0.1) is 21.9 Å². The van der Waals surface area contributed by atoms with Crippen LogP contribution in [0.25, 0.3) is 10.7 Å². The second kappa shape index (κ2) is 6.87. The number of hydrogen-bond donors (Lipinski definition) is 0. The van der Waals surface area contributed by atoms with Gasteiger partial charge in [-0.25, -0.2) is 14.8 Å². The van der Waals surface area contributed by atoms with Crippen molar-refractivity contribution in [2.45, 2.75) is 25.7 Å². The summed E-state index contributed by atoms with van der Waals surface area (Å²) in [7, 11) is 1.41. The monoisotopic (exact) mass is 411 g/mol. The van der Waals surface area contributed by atoms with Crippen LogP contribution in [-0.2, 0) is 24.0 Å². The fourth-order valence-electron chi connectivity index (χ4n) is 4.05. The summed E-state index contributed by atoms with van der Waals surface area (Å²) in [6, 6.07) is 9.62. The minimum Gasteiger partial charge on any atom is -0.465 e. The number of halogens is 1. The lowest BCUT2D eigenvalue weighted by molar-refractivity contribution is 0.0600. The van der Waals surface area contributed by atoms with E-state index >= 15 is 0 Å². The van der Waals surface area contributed by atoms with Crippen molar-refractivity contribution >= 4 is 40.4 Å². The maximum absolute atomic E-state index is 11.9. The lowest BCUT2D eigenvalue weighted by atomic mass is 10.1. The Hall–Kier alpha value is -2.44. The van der Waals surface area contributed by atoms with Crippen molar-refractivity contribution in [2.75, 3.05) is 18.6 Å². The summed E-state index contributed by atoms with van der Waals surface area (Å²) >= 11 is 7.63. The zero-order chi connectivity index (χ0) is 19.3. The van der Waals surface area contributed by atoms with Crippen LogP contribution < -0.4 is 4.90 Å². The number of esters is 1.